The Kier molecular flexibility index (Phi) is 9.91. The number of hydrogen-bond donors (Lipinski definition) is 3. The van der Waals surface area contributed by atoms with E-state index in [0.717, 1.165) is 33.7 Å². The molecule has 6 nitrogen and oxygen atoms in total. The van der Waals surface area contributed by atoms with E-state index in [0.29, 0.717) is 11.3 Å². The smallest absolute Gasteiger partial charge is 0.272 e. The lowest BCUT2D eigenvalue weighted by Gasteiger charge is -2.13. The molecule has 40 heavy (non-hydrogen) atoms. The summed E-state index contributed by atoms with van der Waals surface area (Å²) in [7, 11) is 0. The minimum atomic E-state index is -0.459. The van der Waals surface area contributed by atoms with Gasteiger partial charge in [-0.1, -0.05) is 79.7 Å². The molecule has 0 unspecified atom stereocenters. The minimum absolute atomic E-state index is 0.0971. The first kappa shape index (κ1) is 28.4. The van der Waals surface area contributed by atoms with Gasteiger partial charge in [-0.3, -0.25) is 14.4 Å². The van der Waals surface area contributed by atoms with Crippen molar-refractivity contribution in [3.63, 3.8) is 0 Å². The van der Waals surface area contributed by atoms with Gasteiger partial charge in [0.25, 0.3) is 11.8 Å². The number of aryl methyl sites for hydroxylation is 2. The molecule has 0 radical (unpaired) electrons. The Balaban J connectivity index is 1.44. The van der Waals surface area contributed by atoms with Gasteiger partial charge < -0.3 is 16.0 Å². The van der Waals surface area contributed by atoms with Gasteiger partial charge in [-0.15, -0.1) is 11.8 Å². The summed E-state index contributed by atoms with van der Waals surface area (Å²) in [5, 5.41) is 8.66. The van der Waals surface area contributed by atoms with Crippen LogP contribution in [0.1, 0.15) is 34.0 Å². The van der Waals surface area contributed by atoms with E-state index in [1.165, 1.54) is 11.8 Å². The summed E-state index contributed by atoms with van der Waals surface area (Å²) in [6.07, 6.45) is 2.47. The highest BCUT2D eigenvalue weighted by molar-refractivity contribution is 8.00. The Bertz CT molecular complexity index is 1520. The van der Waals surface area contributed by atoms with Crippen molar-refractivity contribution in [3.05, 3.63) is 131 Å². The Labute approximate surface area is 238 Å². The van der Waals surface area contributed by atoms with Crippen LogP contribution in [0.3, 0.4) is 0 Å². The van der Waals surface area contributed by atoms with Crippen LogP contribution in [0.15, 0.2) is 114 Å². The molecule has 0 aliphatic heterocycles. The molecule has 0 saturated carbocycles. The standard InChI is InChI=1S/C33H31N3O3S/c1-3-25-17-10-12-23(2)31(25)36-30(37)22-40-28-19-11-18-27(21-28)34-33(39)29(20-24-13-6-4-7-14-24)35-32(38)26-15-8-5-9-16-26/h4-21H,3,22H2,1-2H3,(H,34,39)(H,35,38)(H,36,37)/b29-20-. The van der Waals surface area contributed by atoms with Gasteiger partial charge in [0.2, 0.25) is 5.91 Å². The van der Waals surface area contributed by atoms with Crippen molar-refractivity contribution in [2.45, 2.75) is 25.2 Å². The lowest BCUT2D eigenvalue weighted by atomic mass is 10.1. The number of thioether (sulfide) groups is 1. The molecule has 3 N–H and O–H groups in total. The van der Waals surface area contributed by atoms with Crippen LogP contribution >= 0.6 is 11.8 Å². The van der Waals surface area contributed by atoms with Crippen molar-refractivity contribution < 1.29 is 14.4 Å². The van der Waals surface area contributed by atoms with Crippen LogP contribution in [0, 0.1) is 6.92 Å². The number of carbonyl (C=O) groups excluding carboxylic acids is 3. The van der Waals surface area contributed by atoms with Gasteiger partial charge in [0.15, 0.2) is 0 Å². The van der Waals surface area contributed by atoms with Crippen LogP contribution in [-0.2, 0) is 16.0 Å². The van der Waals surface area contributed by atoms with E-state index < -0.39 is 5.91 Å². The quantitative estimate of drug-likeness (QED) is 0.152. The number of carbonyl (C=O) groups is 3. The second-order valence-corrected chi connectivity index (χ2v) is 10.1. The number of anilines is 2. The van der Waals surface area contributed by atoms with Crippen LogP contribution in [0.2, 0.25) is 0 Å². The molecule has 0 saturated heterocycles. The number of nitrogens with one attached hydrogen (secondary N) is 3. The zero-order chi connectivity index (χ0) is 28.3. The zero-order valence-corrected chi connectivity index (χ0v) is 23.3. The normalized spacial score (nSPS) is 11.0. The van der Waals surface area contributed by atoms with Crippen molar-refractivity contribution >= 4 is 46.9 Å². The maximum atomic E-state index is 13.3. The molecule has 0 aromatic heterocycles. The van der Waals surface area contributed by atoms with E-state index in [4.69, 9.17) is 0 Å². The fourth-order valence-electron chi connectivity index (χ4n) is 4.05. The first-order valence-electron chi connectivity index (χ1n) is 13.0. The molecule has 0 aliphatic rings. The molecule has 0 aliphatic carbocycles. The van der Waals surface area contributed by atoms with E-state index in [-0.39, 0.29) is 23.3 Å². The summed E-state index contributed by atoms with van der Waals surface area (Å²) < 4.78 is 0. The number of benzene rings is 4. The van der Waals surface area contributed by atoms with Crippen molar-refractivity contribution in [1.29, 1.82) is 0 Å². The van der Waals surface area contributed by atoms with Crippen molar-refractivity contribution in [2.75, 3.05) is 16.4 Å². The van der Waals surface area contributed by atoms with Gasteiger partial charge in [0.1, 0.15) is 5.70 Å². The zero-order valence-electron chi connectivity index (χ0n) is 22.4. The van der Waals surface area contributed by atoms with Crippen LogP contribution < -0.4 is 16.0 Å². The van der Waals surface area contributed by atoms with Crippen molar-refractivity contribution in [2.24, 2.45) is 0 Å². The highest BCUT2D eigenvalue weighted by Crippen LogP contribution is 2.24. The molecular weight excluding hydrogens is 518 g/mol. The number of amides is 3. The third-order valence-electron chi connectivity index (χ3n) is 6.11. The topological polar surface area (TPSA) is 87.3 Å². The third-order valence-corrected chi connectivity index (χ3v) is 7.10. The van der Waals surface area contributed by atoms with Gasteiger partial charge in [0.05, 0.1) is 5.75 Å². The molecule has 0 atom stereocenters. The fraction of sp³-hybridized carbons (Fsp3) is 0.121. The molecule has 0 bridgehead atoms. The average molecular weight is 550 g/mol. The Morgan fingerprint density at radius 1 is 0.800 bits per heavy atom. The Morgan fingerprint density at radius 2 is 1.50 bits per heavy atom. The van der Waals surface area contributed by atoms with Gasteiger partial charge in [-0.05, 0) is 66.4 Å². The maximum Gasteiger partial charge on any atom is 0.272 e. The van der Waals surface area contributed by atoms with Crippen molar-refractivity contribution in [1.82, 2.24) is 5.32 Å². The van der Waals surface area contributed by atoms with Crippen LogP contribution in [0.4, 0.5) is 11.4 Å². The first-order chi connectivity index (χ1) is 19.4. The maximum absolute atomic E-state index is 13.3. The summed E-state index contributed by atoms with van der Waals surface area (Å²) in [5.74, 6) is -0.714. The summed E-state index contributed by atoms with van der Waals surface area (Å²) in [6, 6.07) is 31.3. The second-order valence-electron chi connectivity index (χ2n) is 9.07. The molecule has 7 heteroatoms. The molecule has 3 amide bonds. The third kappa shape index (κ3) is 7.94. The van der Waals surface area contributed by atoms with E-state index in [1.54, 1.807) is 42.5 Å². The SMILES string of the molecule is CCc1cccc(C)c1NC(=O)CSc1cccc(NC(=O)/C(=C/c2ccccc2)NC(=O)c2ccccc2)c1. The molecule has 0 fully saturated rings. The number of rotatable bonds is 10. The monoisotopic (exact) mass is 549 g/mol. The van der Waals surface area contributed by atoms with E-state index in [1.807, 2.05) is 73.7 Å². The van der Waals surface area contributed by atoms with Crippen LogP contribution in [0.5, 0.6) is 0 Å². The predicted molar refractivity (Wildman–Crippen MR) is 163 cm³/mol. The summed E-state index contributed by atoms with van der Waals surface area (Å²) >= 11 is 1.38. The average Bonchev–Trinajstić information content (AvgIpc) is 2.98. The van der Waals surface area contributed by atoms with Crippen LogP contribution in [0.25, 0.3) is 6.08 Å². The highest BCUT2D eigenvalue weighted by Gasteiger charge is 2.16. The van der Waals surface area contributed by atoms with E-state index in [2.05, 4.69) is 22.9 Å². The van der Waals surface area contributed by atoms with Gasteiger partial charge >= 0.3 is 0 Å². The van der Waals surface area contributed by atoms with E-state index >= 15 is 0 Å². The predicted octanol–water partition coefficient (Wildman–Crippen LogP) is 6.70. The molecule has 4 rings (SSSR count). The van der Waals surface area contributed by atoms with Gasteiger partial charge in [-0.2, -0.15) is 0 Å². The molecule has 4 aromatic carbocycles. The van der Waals surface area contributed by atoms with Crippen molar-refractivity contribution in [3.8, 4) is 0 Å². The summed E-state index contributed by atoms with van der Waals surface area (Å²) in [4.78, 5) is 39.6. The largest absolute Gasteiger partial charge is 0.325 e. The molecule has 4 aromatic rings. The highest BCUT2D eigenvalue weighted by atomic mass is 32.2. The fourth-order valence-corrected chi connectivity index (χ4v) is 4.80. The molecular formula is C33H31N3O3S. The lowest BCUT2D eigenvalue weighted by molar-refractivity contribution is -0.114. The number of hydrogen-bond acceptors (Lipinski definition) is 4. The van der Waals surface area contributed by atoms with Crippen LogP contribution in [-0.4, -0.2) is 23.5 Å². The molecule has 202 valence electrons. The van der Waals surface area contributed by atoms with E-state index in [9.17, 15) is 14.4 Å². The molecule has 0 heterocycles. The Morgan fingerprint density at radius 3 is 2.23 bits per heavy atom. The first-order valence-corrected chi connectivity index (χ1v) is 14.0. The summed E-state index contributed by atoms with van der Waals surface area (Å²) in [6.45, 7) is 4.05. The molecule has 0 spiro atoms. The second kappa shape index (κ2) is 14.0. The lowest BCUT2D eigenvalue weighted by Crippen LogP contribution is -2.30. The number of para-hydroxylation sites is 1. The van der Waals surface area contributed by atoms with Gasteiger partial charge in [-0.25, -0.2) is 0 Å². The summed E-state index contributed by atoms with van der Waals surface area (Å²) in [5.41, 5.74) is 4.88. The minimum Gasteiger partial charge on any atom is -0.325 e. The van der Waals surface area contributed by atoms with Gasteiger partial charge in [0, 0.05) is 21.8 Å². The Hall–Kier alpha value is -4.62.